The number of nitrogens with one attached hydrogen (secondary N) is 2. The lowest BCUT2D eigenvalue weighted by Crippen LogP contribution is -2.51. The maximum Gasteiger partial charge on any atom is 0.408 e. The van der Waals surface area contributed by atoms with E-state index in [9.17, 15) is 19.5 Å². The molecule has 29 heavy (non-hydrogen) atoms. The van der Waals surface area contributed by atoms with Gasteiger partial charge in [-0.05, 0) is 30.5 Å². The molecule has 10 nitrogen and oxygen atoms in total. The predicted octanol–water partition coefficient (Wildman–Crippen LogP) is 0.587. The molecule has 160 valence electrons. The number of methoxy groups -OCH3 is 1. The normalized spacial score (nSPS) is 18.3. The van der Waals surface area contributed by atoms with Crippen molar-refractivity contribution in [2.75, 3.05) is 27.3 Å². The van der Waals surface area contributed by atoms with Gasteiger partial charge in [-0.15, -0.1) is 0 Å². The summed E-state index contributed by atoms with van der Waals surface area (Å²) in [5, 5.41) is 21.2. The third kappa shape index (κ3) is 5.36. The fourth-order valence-corrected chi connectivity index (χ4v) is 3.42. The summed E-state index contributed by atoms with van der Waals surface area (Å²) < 4.78 is 10.4. The number of ether oxygens (including phenoxy) is 2. The predicted molar refractivity (Wildman–Crippen MR) is 101 cm³/mol. The summed E-state index contributed by atoms with van der Waals surface area (Å²) in [6.07, 6.45) is 0.505. The molecule has 1 heterocycles. The van der Waals surface area contributed by atoms with Gasteiger partial charge in [0.1, 0.15) is 5.75 Å². The van der Waals surface area contributed by atoms with Crippen LogP contribution in [-0.2, 0) is 14.3 Å². The van der Waals surface area contributed by atoms with Crippen LogP contribution in [0.5, 0.6) is 5.75 Å². The second-order valence-corrected chi connectivity index (χ2v) is 6.65. The van der Waals surface area contributed by atoms with Crippen molar-refractivity contribution in [2.45, 2.75) is 31.4 Å². The topological polar surface area (TPSA) is 137 Å². The molecule has 3 atom stereocenters. The summed E-state index contributed by atoms with van der Waals surface area (Å²) in [5.74, 6) is -3.13. The molecule has 0 spiro atoms. The first-order valence-corrected chi connectivity index (χ1v) is 9.34. The van der Waals surface area contributed by atoms with Crippen molar-refractivity contribution in [3.63, 3.8) is 0 Å². The monoisotopic (exact) mass is 409 g/mol. The molecular weight excluding hydrogens is 382 g/mol. The van der Waals surface area contributed by atoms with Gasteiger partial charge < -0.3 is 24.8 Å². The van der Waals surface area contributed by atoms with E-state index in [2.05, 4.69) is 5.32 Å². The van der Waals surface area contributed by atoms with Crippen LogP contribution in [0.15, 0.2) is 24.3 Å². The average molecular weight is 409 g/mol. The third-order valence-corrected chi connectivity index (χ3v) is 4.96. The molecule has 1 aromatic rings. The quantitative estimate of drug-likeness (QED) is 0.382. The molecule has 0 aromatic heterocycles. The summed E-state index contributed by atoms with van der Waals surface area (Å²) in [6, 6.07) is 6.51. The van der Waals surface area contributed by atoms with Crippen molar-refractivity contribution in [3.8, 4) is 5.75 Å². The number of amides is 3. The van der Waals surface area contributed by atoms with Crippen molar-refractivity contribution in [1.29, 1.82) is 0 Å². The van der Waals surface area contributed by atoms with Crippen LogP contribution >= 0.6 is 0 Å². The number of aliphatic hydroxyl groups is 1. The number of hydroxylamine groups is 1. The fourth-order valence-electron chi connectivity index (χ4n) is 3.42. The largest absolute Gasteiger partial charge is 0.497 e. The highest BCUT2D eigenvalue weighted by Crippen LogP contribution is 2.32. The standard InChI is InChI=1S/C19H27N3O7/c1-20-19(26)29-15-5-3-4-10-22(15)18(25)16(14(11-23)17(24)21-27)12-6-8-13(28-2)9-7-12/h6-9,14-16,23,27H,3-5,10-11H2,1-2H3,(H,20,26)(H,21,24)/t14-,15-,16+/m0/s1. The van der Waals surface area contributed by atoms with Crippen LogP contribution in [-0.4, -0.2) is 66.7 Å². The van der Waals surface area contributed by atoms with Crippen LogP contribution in [0, 0.1) is 5.92 Å². The van der Waals surface area contributed by atoms with Gasteiger partial charge in [-0.2, -0.15) is 0 Å². The van der Waals surface area contributed by atoms with Gasteiger partial charge in [-0.3, -0.25) is 14.8 Å². The van der Waals surface area contributed by atoms with E-state index in [0.29, 0.717) is 30.7 Å². The fraction of sp³-hybridized carbons (Fsp3) is 0.526. The lowest BCUT2D eigenvalue weighted by molar-refractivity contribution is -0.152. The molecule has 3 amide bonds. The van der Waals surface area contributed by atoms with Crippen LogP contribution in [0.25, 0.3) is 0 Å². The number of nitrogens with zero attached hydrogens (tertiary/aromatic N) is 1. The summed E-state index contributed by atoms with van der Waals surface area (Å²) in [7, 11) is 2.92. The van der Waals surface area contributed by atoms with Crippen LogP contribution in [0.3, 0.4) is 0 Å². The van der Waals surface area contributed by atoms with Crippen LogP contribution in [0.1, 0.15) is 30.7 Å². The molecule has 0 saturated carbocycles. The van der Waals surface area contributed by atoms with Gasteiger partial charge in [0, 0.05) is 20.0 Å². The lowest BCUT2D eigenvalue weighted by Gasteiger charge is -2.38. The molecule has 1 aliphatic rings. The number of aliphatic hydroxyl groups excluding tert-OH is 1. The molecule has 2 rings (SSSR count). The number of benzene rings is 1. The minimum atomic E-state index is -1.23. The summed E-state index contributed by atoms with van der Waals surface area (Å²) >= 11 is 0. The van der Waals surface area contributed by atoms with Gasteiger partial charge in [-0.25, -0.2) is 10.3 Å². The minimum absolute atomic E-state index is 0.339. The van der Waals surface area contributed by atoms with E-state index in [4.69, 9.17) is 14.7 Å². The highest BCUT2D eigenvalue weighted by atomic mass is 16.6. The first-order valence-electron chi connectivity index (χ1n) is 9.34. The third-order valence-electron chi connectivity index (χ3n) is 4.96. The van der Waals surface area contributed by atoms with Gasteiger partial charge in [0.25, 0.3) is 0 Å². The van der Waals surface area contributed by atoms with Crippen LogP contribution in [0.2, 0.25) is 0 Å². The highest BCUT2D eigenvalue weighted by Gasteiger charge is 2.40. The van der Waals surface area contributed by atoms with E-state index in [1.165, 1.54) is 24.5 Å². The maximum absolute atomic E-state index is 13.5. The molecule has 1 aromatic carbocycles. The zero-order chi connectivity index (χ0) is 21.4. The van der Waals surface area contributed by atoms with Crippen LogP contribution in [0.4, 0.5) is 4.79 Å². The maximum atomic E-state index is 13.5. The Hall–Kier alpha value is -2.85. The SMILES string of the molecule is CNC(=O)O[C@H]1CCCCN1C(=O)[C@H](c1ccc(OC)cc1)[C@H](CO)C(=O)NO. The minimum Gasteiger partial charge on any atom is -0.497 e. The summed E-state index contributed by atoms with van der Waals surface area (Å²) in [6.45, 7) is -0.324. The first kappa shape index (κ1) is 22.4. The molecule has 10 heteroatoms. The van der Waals surface area contributed by atoms with Crippen molar-refractivity contribution in [1.82, 2.24) is 15.7 Å². The Morgan fingerprint density at radius 2 is 1.93 bits per heavy atom. The van der Waals surface area contributed by atoms with Crippen molar-refractivity contribution in [3.05, 3.63) is 29.8 Å². The lowest BCUT2D eigenvalue weighted by atomic mass is 9.84. The van der Waals surface area contributed by atoms with Gasteiger partial charge in [0.05, 0.1) is 25.6 Å². The van der Waals surface area contributed by atoms with E-state index >= 15 is 0 Å². The molecule has 0 bridgehead atoms. The Bertz CT molecular complexity index is 710. The molecule has 4 N–H and O–H groups in total. The number of hydrogen-bond acceptors (Lipinski definition) is 7. The summed E-state index contributed by atoms with van der Waals surface area (Å²) in [4.78, 5) is 38.7. The van der Waals surface area contributed by atoms with Gasteiger partial charge in [0.15, 0.2) is 6.23 Å². The zero-order valence-electron chi connectivity index (χ0n) is 16.5. The molecule has 1 fully saturated rings. The zero-order valence-corrected chi connectivity index (χ0v) is 16.5. The summed E-state index contributed by atoms with van der Waals surface area (Å²) in [5.41, 5.74) is 1.97. The number of rotatable bonds is 7. The number of carbonyl (C=O) groups excluding carboxylic acids is 3. The Morgan fingerprint density at radius 3 is 2.48 bits per heavy atom. The van der Waals surface area contributed by atoms with E-state index < -0.39 is 42.6 Å². The molecule has 0 unspecified atom stereocenters. The second-order valence-electron chi connectivity index (χ2n) is 6.65. The highest BCUT2D eigenvalue weighted by molar-refractivity contribution is 5.91. The molecule has 1 saturated heterocycles. The van der Waals surface area contributed by atoms with Gasteiger partial charge in [0.2, 0.25) is 11.8 Å². The Balaban J connectivity index is 2.40. The van der Waals surface area contributed by atoms with Crippen molar-refractivity contribution in [2.24, 2.45) is 5.92 Å². The van der Waals surface area contributed by atoms with E-state index in [1.807, 2.05) is 0 Å². The van der Waals surface area contributed by atoms with Crippen molar-refractivity contribution >= 4 is 17.9 Å². The Kier molecular flexibility index (Phi) is 8.22. The van der Waals surface area contributed by atoms with E-state index in [0.717, 1.165) is 6.42 Å². The van der Waals surface area contributed by atoms with E-state index in [1.54, 1.807) is 24.3 Å². The number of carbonyl (C=O) groups is 3. The van der Waals surface area contributed by atoms with E-state index in [-0.39, 0.29) is 0 Å². The van der Waals surface area contributed by atoms with Crippen LogP contribution < -0.4 is 15.5 Å². The number of hydrogen-bond donors (Lipinski definition) is 4. The molecule has 0 radical (unpaired) electrons. The van der Waals surface area contributed by atoms with Crippen molar-refractivity contribution < 1.29 is 34.2 Å². The molecule has 0 aliphatic carbocycles. The Morgan fingerprint density at radius 1 is 1.24 bits per heavy atom. The average Bonchev–Trinajstić information content (AvgIpc) is 2.76. The number of piperidine rings is 1. The van der Waals surface area contributed by atoms with Gasteiger partial charge in [-0.1, -0.05) is 12.1 Å². The second kappa shape index (κ2) is 10.6. The molecule has 1 aliphatic heterocycles. The smallest absolute Gasteiger partial charge is 0.408 e. The Labute approximate surface area is 168 Å². The van der Waals surface area contributed by atoms with Gasteiger partial charge >= 0.3 is 6.09 Å². The number of alkyl carbamates (subject to hydrolysis) is 1. The first-order chi connectivity index (χ1) is 14.0. The number of likely N-dealkylation sites (tertiary alicyclic amines) is 1. The molecular formula is C19H27N3O7.